The number of nitrogens with one attached hydrogen (secondary N) is 1. The van der Waals surface area contributed by atoms with Gasteiger partial charge in [-0.15, -0.1) is 0 Å². The van der Waals surface area contributed by atoms with Gasteiger partial charge in [-0.25, -0.2) is 9.97 Å². The van der Waals surface area contributed by atoms with Crippen molar-refractivity contribution >= 4 is 34.0 Å². The number of fused-ring (bicyclic) bond motifs is 1. The van der Waals surface area contributed by atoms with Crippen LogP contribution in [0.5, 0.6) is 0 Å². The molecule has 4 heterocycles. The smallest absolute Gasteiger partial charge is 0.225 e. The molecular weight excluding hydrogens is 448 g/mol. The SMILES string of the molecule is N#Cc1c(C2CCN(c3ncc(Cl)cn3)CC2)nc2c(c1NC1(CO)CCC1)[S@](=O)CC2. The first-order chi connectivity index (χ1) is 15.5. The number of rotatable bonds is 5. The molecule has 2 aromatic heterocycles. The molecule has 32 heavy (non-hydrogen) atoms. The molecule has 0 radical (unpaired) electrons. The number of pyridine rings is 1. The van der Waals surface area contributed by atoms with E-state index >= 15 is 0 Å². The Morgan fingerprint density at radius 1 is 1.31 bits per heavy atom. The maximum Gasteiger partial charge on any atom is 0.225 e. The van der Waals surface area contributed by atoms with Gasteiger partial charge in [0.25, 0.3) is 0 Å². The molecule has 3 aliphatic rings. The second-order valence-electron chi connectivity index (χ2n) is 8.81. The van der Waals surface area contributed by atoms with Crippen LogP contribution >= 0.6 is 11.6 Å². The highest BCUT2D eigenvalue weighted by molar-refractivity contribution is 7.85. The molecule has 1 saturated carbocycles. The van der Waals surface area contributed by atoms with Crippen LogP contribution in [0.1, 0.15) is 55.0 Å². The zero-order valence-corrected chi connectivity index (χ0v) is 19.3. The molecule has 5 rings (SSSR count). The Kier molecular flexibility index (Phi) is 5.78. The topological polar surface area (TPSA) is 115 Å². The predicted molar refractivity (Wildman–Crippen MR) is 122 cm³/mol. The van der Waals surface area contributed by atoms with Gasteiger partial charge in [0, 0.05) is 31.2 Å². The van der Waals surface area contributed by atoms with E-state index in [0.717, 1.165) is 56.6 Å². The first-order valence-electron chi connectivity index (χ1n) is 11.0. The fraction of sp³-hybridized carbons (Fsp3) is 0.545. The van der Waals surface area contributed by atoms with E-state index in [0.29, 0.717) is 39.3 Å². The molecule has 1 atom stereocenters. The van der Waals surface area contributed by atoms with E-state index in [4.69, 9.17) is 16.6 Å². The van der Waals surface area contributed by atoms with Crippen LogP contribution in [-0.4, -0.2) is 55.3 Å². The lowest BCUT2D eigenvalue weighted by atomic mass is 9.77. The van der Waals surface area contributed by atoms with E-state index in [9.17, 15) is 14.6 Å². The van der Waals surface area contributed by atoms with Crippen molar-refractivity contribution in [2.45, 2.75) is 54.9 Å². The third kappa shape index (κ3) is 3.74. The minimum Gasteiger partial charge on any atom is -0.394 e. The zero-order chi connectivity index (χ0) is 22.3. The molecule has 2 aromatic rings. The highest BCUT2D eigenvalue weighted by Gasteiger charge is 2.40. The monoisotopic (exact) mass is 472 g/mol. The summed E-state index contributed by atoms with van der Waals surface area (Å²) >= 11 is 5.90. The van der Waals surface area contributed by atoms with Crippen molar-refractivity contribution in [3.05, 3.63) is 34.4 Å². The van der Waals surface area contributed by atoms with E-state index in [1.165, 1.54) is 0 Å². The fourth-order valence-electron chi connectivity index (χ4n) is 4.88. The summed E-state index contributed by atoms with van der Waals surface area (Å²) in [6, 6.07) is 2.36. The number of aryl methyl sites for hydroxylation is 1. The molecule has 8 nitrogen and oxygen atoms in total. The Bertz CT molecular complexity index is 1090. The van der Waals surface area contributed by atoms with Gasteiger partial charge in [0.2, 0.25) is 5.95 Å². The molecule has 0 spiro atoms. The highest BCUT2D eigenvalue weighted by Crippen LogP contribution is 2.43. The van der Waals surface area contributed by atoms with Gasteiger partial charge in [0.1, 0.15) is 6.07 Å². The van der Waals surface area contributed by atoms with Gasteiger partial charge in [0.15, 0.2) is 0 Å². The van der Waals surface area contributed by atoms with Crippen molar-refractivity contribution in [2.75, 3.05) is 35.7 Å². The lowest BCUT2D eigenvalue weighted by molar-refractivity contribution is 0.144. The van der Waals surface area contributed by atoms with Crippen LogP contribution in [0.4, 0.5) is 11.6 Å². The summed E-state index contributed by atoms with van der Waals surface area (Å²) in [5.41, 5.74) is 2.31. The first-order valence-corrected chi connectivity index (χ1v) is 12.7. The minimum absolute atomic E-state index is 0.00356. The molecule has 0 amide bonds. The summed E-state index contributed by atoms with van der Waals surface area (Å²) in [5.74, 6) is 1.31. The van der Waals surface area contributed by atoms with Gasteiger partial charge in [-0.3, -0.25) is 9.19 Å². The molecule has 0 bridgehead atoms. The largest absolute Gasteiger partial charge is 0.394 e. The average Bonchev–Trinajstić information content (AvgIpc) is 3.17. The molecule has 0 aromatic carbocycles. The number of aliphatic hydroxyl groups excluding tert-OH is 1. The summed E-state index contributed by atoms with van der Waals surface area (Å²) in [5, 5.41) is 24.1. The summed E-state index contributed by atoms with van der Waals surface area (Å²) in [6.45, 7) is 1.51. The Balaban J connectivity index is 1.46. The zero-order valence-electron chi connectivity index (χ0n) is 17.7. The van der Waals surface area contributed by atoms with Crippen LogP contribution in [0.2, 0.25) is 5.02 Å². The Morgan fingerprint density at radius 3 is 2.62 bits per heavy atom. The first kappa shape index (κ1) is 21.6. The number of halogens is 1. The second-order valence-corrected chi connectivity index (χ2v) is 10.8. The highest BCUT2D eigenvalue weighted by atomic mass is 35.5. The van der Waals surface area contributed by atoms with Gasteiger partial charge >= 0.3 is 0 Å². The molecule has 168 valence electrons. The van der Waals surface area contributed by atoms with Gasteiger partial charge in [0.05, 0.1) is 67.9 Å². The van der Waals surface area contributed by atoms with Gasteiger partial charge in [-0.2, -0.15) is 5.26 Å². The molecule has 1 aliphatic carbocycles. The molecule has 10 heteroatoms. The number of anilines is 2. The normalized spacial score (nSPS) is 22.2. The number of aliphatic hydroxyl groups is 1. The Morgan fingerprint density at radius 2 is 2.03 bits per heavy atom. The number of hydrogen-bond donors (Lipinski definition) is 2. The molecule has 2 fully saturated rings. The van der Waals surface area contributed by atoms with E-state index in [-0.39, 0.29) is 12.5 Å². The molecule has 2 aliphatic heterocycles. The number of aromatic nitrogens is 3. The Hall–Kier alpha value is -2.28. The minimum atomic E-state index is -1.17. The van der Waals surface area contributed by atoms with Crippen molar-refractivity contribution in [3.8, 4) is 6.07 Å². The van der Waals surface area contributed by atoms with E-state index in [1.54, 1.807) is 12.4 Å². The standard InChI is InChI=1S/C22H25ClN6O2S/c23-15-11-25-21(26-12-15)29-7-2-14(3-8-29)18-16(10-24)19(28-22(13-30)5-1-6-22)20-17(27-18)4-9-32(20)31/h11-12,14,30H,1-9,13H2,(H,27,28)/t32-/m1/s1. The van der Waals surface area contributed by atoms with Crippen LogP contribution in [-0.2, 0) is 17.2 Å². The Labute approximate surface area is 194 Å². The summed E-state index contributed by atoms with van der Waals surface area (Å²) < 4.78 is 12.8. The van der Waals surface area contributed by atoms with Crippen LogP contribution in [0.3, 0.4) is 0 Å². The van der Waals surface area contributed by atoms with Crippen LogP contribution < -0.4 is 10.2 Å². The summed E-state index contributed by atoms with van der Waals surface area (Å²) in [6.07, 6.45) is 8.20. The van der Waals surface area contributed by atoms with Crippen molar-refractivity contribution in [1.29, 1.82) is 5.26 Å². The van der Waals surface area contributed by atoms with Crippen LogP contribution in [0, 0.1) is 11.3 Å². The average molecular weight is 473 g/mol. The quantitative estimate of drug-likeness (QED) is 0.682. The van der Waals surface area contributed by atoms with Gasteiger partial charge < -0.3 is 15.3 Å². The lowest BCUT2D eigenvalue weighted by Crippen LogP contribution is -2.48. The number of nitriles is 1. The van der Waals surface area contributed by atoms with Crippen LogP contribution in [0.15, 0.2) is 17.3 Å². The second kappa shape index (κ2) is 8.58. The lowest BCUT2D eigenvalue weighted by Gasteiger charge is -2.42. The van der Waals surface area contributed by atoms with E-state index < -0.39 is 16.3 Å². The third-order valence-corrected chi connectivity index (χ3v) is 8.55. The van der Waals surface area contributed by atoms with Crippen molar-refractivity contribution in [3.63, 3.8) is 0 Å². The molecular formula is C22H25ClN6O2S. The van der Waals surface area contributed by atoms with Crippen molar-refractivity contribution in [2.24, 2.45) is 0 Å². The maximum absolute atomic E-state index is 12.8. The predicted octanol–water partition coefficient (Wildman–Crippen LogP) is 2.77. The van der Waals surface area contributed by atoms with Crippen molar-refractivity contribution < 1.29 is 9.32 Å². The molecule has 2 N–H and O–H groups in total. The molecule has 0 unspecified atom stereocenters. The van der Waals surface area contributed by atoms with E-state index in [1.807, 2.05) is 0 Å². The number of hydrogen-bond acceptors (Lipinski definition) is 8. The van der Waals surface area contributed by atoms with Gasteiger partial charge in [-0.1, -0.05) is 11.6 Å². The van der Waals surface area contributed by atoms with Gasteiger partial charge in [-0.05, 0) is 32.1 Å². The number of nitrogens with zero attached hydrogens (tertiary/aromatic N) is 5. The summed E-state index contributed by atoms with van der Waals surface area (Å²) in [4.78, 5) is 16.3. The van der Waals surface area contributed by atoms with Crippen molar-refractivity contribution in [1.82, 2.24) is 15.0 Å². The van der Waals surface area contributed by atoms with E-state index in [2.05, 4.69) is 26.3 Å². The van der Waals surface area contributed by atoms with Crippen LogP contribution in [0.25, 0.3) is 0 Å². The maximum atomic E-state index is 12.8. The summed E-state index contributed by atoms with van der Waals surface area (Å²) in [7, 11) is -1.17. The molecule has 1 saturated heterocycles. The third-order valence-electron chi connectivity index (χ3n) is 6.89. The number of piperidine rings is 1. The fourth-order valence-corrected chi connectivity index (χ4v) is 6.36.